The number of carbonyl (C=O) groups is 1. The zero-order valence-corrected chi connectivity index (χ0v) is 11.9. The van der Waals surface area contributed by atoms with Crippen LogP contribution in [0.5, 0.6) is 5.75 Å². The van der Waals surface area contributed by atoms with Crippen LogP contribution in [0, 0.1) is 0 Å². The highest BCUT2D eigenvalue weighted by molar-refractivity contribution is 5.67. The predicted octanol–water partition coefficient (Wildman–Crippen LogP) is 3.20. The molecule has 22 heavy (non-hydrogen) atoms. The lowest BCUT2D eigenvalue weighted by Crippen LogP contribution is -2.09. The molecule has 114 valence electrons. The molecule has 0 unspecified atom stereocenters. The Morgan fingerprint density at radius 2 is 1.86 bits per heavy atom. The van der Waals surface area contributed by atoms with Crippen LogP contribution in [0.4, 0.5) is 27.8 Å². The summed E-state index contributed by atoms with van der Waals surface area (Å²) in [4.78, 5) is 15.2. The normalized spacial score (nSPS) is 10.6. The molecule has 0 saturated carbocycles. The average Bonchev–Trinajstić information content (AvgIpc) is 2.48. The van der Waals surface area contributed by atoms with Gasteiger partial charge in [-0.15, -0.1) is 10.2 Å². The Hall–Kier alpha value is -3.16. The third-order valence-corrected chi connectivity index (χ3v) is 2.51. The zero-order chi connectivity index (χ0) is 15.9. The Kier molecular flexibility index (Phi) is 4.86. The quantitative estimate of drug-likeness (QED) is 0.507. The molecule has 0 aliphatic heterocycles. The van der Waals surface area contributed by atoms with E-state index in [9.17, 15) is 4.79 Å². The number of aromatic nitrogens is 1. The second-order valence-corrected chi connectivity index (χ2v) is 4.09. The fourth-order valence-corrected chi connectivity index (χ4v) is 1.54. The van der Waals surface area contributed by atoms with Gasteiger partial charge >= 0.3 is 6.16 Å². The second kappa shape index (κ2) is 7.02. The summed E-state index contributed by atoms with van der Waals surface area (Å²) >= 11 is 0. The topological polar surface area (TPSA) is 125 Å². The van der Waals surface area contributed by atoms with Crippen molar-refractivity contribution in [1.29, 1.82) is 0 Å². The number of azo groups is 1. The minimum atomic E-state index is -0.807. The summed E-state index contributed by atoms with van der Waals surface area (Å²) in [6, 6.07) is 9.81. The van der Waals surface area contributed by atoms with Crippen molar-refractivity contribution in [2.45, 2.75) is 6.92 Å². The van der Waals surface area contributed by atoms with E-state index in [1.807, 2.05) is 0 Å². The first-order valence-electron chi connectivity index (χ1n) is 6.47. The molecule has 2 aromatic rings. The summed E-state index contributed by atoms with van der Waals surface area (Å²) in [5.74, 6) is 0.682. The molecule has 0 saturated heterocycles. The number of anilines is 2. The number of rotatable bonds is 4. The number of ether oxygens (including phenoxy) is 2. The molecule has 0 fully saturated rings. The number of benzene rings is 1. The minimum Gasteiger partial charge on any atom is -0.434 e. The smallest absolute Gasteiger partial charge is 0.434 e. The van der Waals surface area contributed by atoms with Crippen LogP contribution in [0.2, 0.25) is 0 Å². The van der Waals surface area contributed by atoms with Crippen molar-refractivity contribution in [2.24, 2.45) is 10.2 Å². The molecule has 0 radical (unpaired) electrons. The third-order valence-electron chi connectivity index (χ3n) is 2.51. The SMILES string of the molecule is CCOC(=O)Oc1ccccc1/N=N/c1ccc(N)nc1N. The van der Waals surface area contributed by atoms with Crippen LogP contribution in [0.1, 0.15) is 6.92 Å². The summed E-state index contributed by atoms with van der Waals surface area (Å²) in [7, 11) is 0. The number of hydrogen-bond acceptors (Lipinski definition) is 8. The number of carbonyl (C=O) groups excluding carboxylic acids is 1. The lowest BCUT2D eigenvalue weighted by Gasteiger charge is -2.06. The van der Waals surface area contributed by atoms with Gasteiger partial charge in [-0.1, -0.05) is 12.1 Å². The van der Waals surface area contributed by atoms with Crippen molar-refractivity contribution in [3.63, 3.8) is 0 Å². The van der Waals surface area contributed by atoms with Crippen LogP contribution in [0.25, 0.3) is 0 Å². The summed E-state index contributed by atoms with van der Waals surface area (Å²) in [6.45, 7) is 1.90. The van der Waals surface area contributed by atoms with E-state index in [1.165, 1.54) is 0 Å². The highest BCUT2D eigenvalue weighted by atomic mass is 16.7. The van der Waals surface area contributed by atoms with Gasteiger partial charge in [-0.05, 0) is 31.2 Å². The first-order valence-corrected chi connectivity index (χ1v) is 6.47. The summed E-state index contributed by atoms with van der Waals surface area (Å²) < 4.78 is 9.76. The Morgan fingerprint density at radius 1 is 1.14 bits per heavy atom. The Bertz CT molecular complexity index is 703. The Morgan fingerprint density at radius 3 is 2.59 bits per heavy atom. The molecule has 1 heterocycles. The molecule has 0 atom stereocenters. The fraction of sp³-hybridized carbons (Fsp3) is 0.143. The van der Waals surface area contributed by atoms with Gasteiger partial charge in [-0.2, -0.15) is 0 Å². The molecular formula is C14H15N5O3. The summed E-state index contributed by atoms with van der Waals surface area (Å²) in [5, 5.41) is 7.99. The average molecular weight is 301 g/mol. The number of nitrogens with two attached hydrogens (primary N) is 2. The number of pyridine rings is 1. The Balaban J connectivity index is 2.22. The van der Waals surface area contributed by atoms with E-state index in [0.29, 0.717) is 17.2 Å². The van der Waals surface area contributed by atoms with E-state index in [-0.39, 0.29) is 18.2 Å². The maximum absolute atomic E-state index is 11.4. The summed E-state index contributed by atoms with van der Waals surface area (Å²) in [5.41, 5.74) is 11.9. The van der Waals surface area contributed by atoms with Crippen LogP contribution in [-0.4, -0.2) is 17.7 Å². The van der Waals surface area contributed by atoms with Crippen LogP contribution >= 0.6 is 0 Å². The van der Waals surface area contributed by atoms with Crippen molar-refractivity contribution < 1.29 is 14.3 Å². The van der Waals surface area contributed by atoms with E-state index < -0.39 is 6.16 Å². The first-order chi connectivity index (χ1) is 10.6. The van der Waals surface area contributed by atoms with E-state index in [1.54, 1.807) is 43.3 Å². The minimum absolute atomic E-state index is 0.160. The molecule has 0 amide bonds. The predicted molar refractivity (Wildman–Crippen MR) is 81.3 cm³/mol. The largest absolute Gasteiger partial charge is 0.513 e. The van der Waals surface area contributed by atoms with E-state index >= 15 is 0 Å². The highest BCUT2D eigenvalue weighted by Gasteiger charge is 2.09. The first kappa shape index (κ1) is 15.2. The van der Waals surface area contributed by atoms with Crippen LogP contribution in [-0.2, 0) is 4.74 Å². The maximum Gasteiger partial charge on any atom is 0.513 e. The summed E-state index contributed by atoms with van der Waals surface area (Å²) in [6.07, 6.45) is -0.807. The second-order valence-electron chi connectivity index (χ2n) is 4.09. The van der Waals surface area contributed by atoms with Gasteiger partial charge < -0.3 is 20.9 Å². The van der Waals surface area contributed by atoms with Gasteiger partial charge in [0.15, 0.2) is 11.6 Å². The standard InChI is InChI=1S/C14H15N5O3/c1-2-21-14(20)22-11-6-4-3-5-9(11)18-19-10-7-8-12(15)17-13(10)16/h3-8H,2H2,1H3,(H4,15,16,17)/b19-18+. The van der Waals surface area contributed by atoms with Gasteiger partial charge in [-0.3, -0.25) is 0 Å². The molecule has 0 spiro atoms. The zero-order valence-electron chi connectivity index (χ0n) is 11.9. The monoisotopic (exact) mass is 301 g/mol. The van der Waals surface area contributed by atoms with Gasteiger partial charge in [0.05, 0.1) is 6.61 Å². The molecule has 0 bridgehead atoms. The number of nitrogen functional groups attached to an aromatic ring is 2. The molecule has 1 aromatic carbocycles. The van der Waals surface area contributed by atoms with Gasteiger partial charge in [0, 0.05) is 0 Å². The molecular weight excluding hydrogens is 286 g/mol. The molecule has 0 aliphatic rings. The number of hydrogen-bond donors (Lipinski definition) is 2. The van der Waals surface area contributed by atoms with Crippen LogP contribution < -0.4 is 16.2 Å². The molecule has 8 nitrogen and oxygen atoms in total. The van der Waals surface area contributed by atoms with Crippen molar-refractivity contribution in [3.8, 4) is 5.75 Å². The molecule has 4 N–H and O–H groups in total. The van der Waals surface area contributed by atoms with Crippen molar-refractivity contribution in [1.82, 2.24) is 4.98 Å². The van der Waals surface area contributed by atoms with Crippen molar-refractivity contribution in [3.05, 3.63) is 36.4 Å². The number of para-hydroxylation sites is 1. The lowest BCUT2D eigenvalue weighted by molar-refractivity contribution is 0.104. The van der Waals surface area contributed by atoms with Crippen molar-refractivity contribution in [2.75, 3.05) is 18.1 Å². The molecule has 0 aliphatic carbocycles. The van der Waals surface area contributed by atoms with Crippen molar-refractivity contribution >= 4 is 29.2 Å². The molecule has 8 heteroatoms. The third kappa shape index (κ3) is 3.92. The van der Waals surface area contributed by atoms with Crippen LogP contribution in [0.3, 0.4) is 0 Å². The van der Waals surface area contributed by atoms with Gasteiger partial charge in [0.1, 0.15) is 17.2 Å². The van der Waals surface area contributed by atoms with E-state index in [0.717, 1.165) is 0 Å². The van der Waals surface area contributed by atoms with Gasteiger partial charge in [0.25, 0.3) is 0 Å². The van der Waals surface area contributed by atoms with E-state index in [4.69, 9.17) is 20.9 Å². The molecule has 2 rings (SSSR count). The van der Waals surface area contributed by atoms with Gasteiger partial charge in [-0.25, -0.2) is 9.78 Å². The van der Waals surface area contributed by atoms with Gasteiger partial charge in [0.2, 0.25) is 0 Å². The number of nitrogens with zero attached hydrogens (tertiary/aromatic N) is 3. The highest BCUT2D eigenvalue weighted by Crippen LogP contribution is 2.30. The lowest BCUT2D eigenvalue weighted by atomic mass is 10.3. The Labute approximate surface area is 126 Å². The van der Waals surface area contributed by atoms with E-state index in [2.05, 4.69) is 15.2 Å². The van der Waals surface area contributed by atoms with Crippen LogP contribution in [0.15, 0.2) is 46.6 Å². The fourth-order valence-electron chi connectivity index (χ4n) is 1.54. The maximum atomic E-state index is 11.4. The molecule has 1 aromatic heterocycles.